The molecular weight excluding hydrogens is 368 g/mol. The van der Waals surface area contributed by atoms with Gasteiger partial charge in [0, 0.05) is 22.0 Å². The lowest BCUT2D eigenvalue weighted by Crippen LogP contribution is -2.31. The van der Waals surface area contributed by atoms with Crippen LogP contribution in [0.3, 0.4) is 0 Å². The molecule has 0 spiro atoms. The summed E-state index contributed by atoms with van der Waals surface area (Å²) < 4.78 is 5.08. The van der Waals surface area contributed by atoms with Gasteiger partial charge in [0.15, 0.2) is 6.61 Å². The quantitative estimate of drug-likeness (QED) is 0.661. The lowest BCUT2D eigenvalue weighted by Gasteiger charge is -2.14. The number of fused-ring (bicyclic) bond motifs is 1. The van der Waals surface area contributed by atoms with Crippen molar-refractivity contribution < 1.29 is 14.3 Å². The number of aromatic nitrogens is 1. The van der Waals surface area contributed by atoms with Crippen LogP contribution in [0.2, 0.25) is 5.02 Å². The molecule has 3 rings (SSSR count). The first-order valence-electron chi connectivity index (χ1n) is 8.28. The molecule has 7 heteroatoms. The van der Waals surface area contributed by atoms with Gasteiger partial charge in [-0.05, 0) is 30.7 Å². The number of hydrogen-bond acceptors (Lipinski definition) is 4. The third-order valence-electron chi connectivity index (χ3n) is 4.05. The number of ether oxygens (including phenoxy) is 1. The molecule has 1 heterocycles. The van der Waals surface area contributed by atoms with Crippen molar-refractivity contribution in [2.75, 3.05) is 6.61 Å². The van der Waals surface area contributed by atoms with E-state index in [1.807, 2.05) is 19.1 Å². The van der Waals surface area contributed by atoms with Crippen molar-refractivity contribution in [2.24, 2.45) is 0 Å². The number of esters is 1. The van der Waals surface area contributed by atoms with Gasteiger partial charge < -0.3 is 15.0 Å². The minimum absolute atomic E-state index is 0.118. The smallest absolute Gasteiger partial charge is 0.339 e. The number of amides is 1. The Labute approximate surface area is 160 Å². The number of aromatic amines is 1. The molecule has 0 fully saturated rings. The Morgan fingerprint density at radius 1 is 1.15 bits per heavy atom. The second-order valence-corrected chi connectivity index (χ2v) is 6.45. The highest BCUT2D eigenvalue weighted by atomic mass is 35.5. The summed E-state index contributed by atoms with van der Waals surface area (Å²) in [5, 5.41) is 3.90. The van der Waals surface area contributed by atoms with E-state index in [0.717, 1.165) is 5.56 Å². The van der Waals surface area contributed by atoms with Crippen LogP contribution in [0.5, 0.6) is 0 Å². The van der Waals surface area contributed by atoms with E-state index in [0.29, 0.717) is 15.9 Å². The Hall–Kier alpha value is -3.12. The van der Waals surface area contributed by atoms with Gasteiger partial charge in [-0.1, -0.05) is 41.9 Å². The minimum atomic E-state index is -0.730. The van der Waals surface area contributed by atoms with Crippen molar-refractivity contribution >= 4 is 34.4 Å². The Morgan fingerprint density at radius 2 is 1.85 bits per heavy atom. The number of carbonyl (C=O) groups excluding carboxylic acids is 2. The maximum atomic E-state index is 12.3. The zero-order valence-electron chi connectivity index (χ0n) is 14.5. The molecule has 1 aromatic heterocycles. The monoisotopic (exact) mass is 384 g/mol. The van der Waals surface area contributed by atoms with Gasteiger partial charge in [0.1, 0.15) is 0 Å². The molecule has 0 bridgehead atoms. The zero-order chi connectivity index (χ0) is 19.4. The Morgan fingerprint density at radius 3 is 2.59 bits per heavy atom. The number of hydrogen-bond donors (Lipinski definition) is 2. The van der Waals surface area contributed by atoms with Crippen LogP contribution in [0.15, 0.2) is 59.4 Å². The summed E-state index contributed by atoms with van der Waals surface area (Å²) in [5.74, 6) is -1.17. The molecule has 6 nitrogen and oxygen atoms in total. The van der Waals surface area contributed by atoms with E-state index in [4.69, 9.17) is 16.3 Å². The zero-order valence-corrected chi connectivity index (χ0v) is 15.2. The fourth-order valence-electron chi connectivity index (χ4n) is 2.70. The van der Waals surface area contributed by atoms with Crippen LogP contribution in [-0.4, -0.2) is 23.5 Å². The molecule has 0 saturated heterocycles. The molecule has 0 aliphatic rings. The molecule has 138 valence electrons. The van der Waals surface area contributed by atoms with Gasteiger partial charge in [-0.25, -0.2) is 4.79 Å². The molecule has 2 aromatic carbocycles. The molecule has 0 aliphatic heterocycles. The Balaban J connectivity index is 1.64. The van der Waals surface area contributed by atoms with Gasteiger partial charge in [0.25, 0.3) is 5.91 Å². The average Bonchev–Trinajstić information content (AvgIpc) is 2.65. The number of halogens is 1. The average molecular weight is 385 g/mol. The first-order valence-corrected chi connectivity index (χ1v) is 8.66. The fourth-order valence-corrected chi connectivity index (χ4v) is 2.83. The van der Waals surface area contributed by atoms with Gasteiger partial charge in [0.2, 0.25) is 5.56 Å². The van der Waals surface area contributed by atoms with Crippen LogP contribution >= 0.6 is 11.6 Å². The van der Waals surface area contributed by atoms with Crippen LogP contribution < -0.4 is 10.9 Å². The highest BCUT2D eigenvalue weighted by Crippen LogP contribution is 2.17. The second kappa shape index (κ2) is 8.05. The van der Waals surface area contributed by atoms with Gasteiger partial charge in [-0.3, -0.25) is 9.59 Å². The van der Waals surface area contributed by atoms with E-state index in [2.05, 4.69) is 10.3 Å². The third kappa shape index (κ3) is 4.54. The molecule has 0 aliphatic carbocycles. The lowest BCUT2D eigenvalue weighted by molar-refractivity contribution is -0.124. The largest absolute Gasteiger partial charge is 0.452 e. The number of pyridine rings is 1. The van der Waals surface area contributed by atoms with Gasteiger partial charge in [-0.15, -0.1) is 0 Å². The predicted molar refractivity (Wildman–Crippen MR) is 103 cm³/mol. The lowest BCUT2D eigenvalue weighted by atomic mass is 10.1. The molecule has 1 atom stereocenters. The summed E-state index contributed by atoms with van der Waals surface area (Å²) in [4.78, 5) is 38.8. The molecule has 2 N–H and O–H groups in total. The van der Waals surface area contributed by atoms with Crippen molar-refractivity contribution in [3.05, 3.63) is 81.1 Å². The van der Waals surface area contributed by atoms with Gasteiger partial charge >= 0.3 is 5.97 Å². The summed E-state index contributed by atoms with van der Waals surface area (Å²) in [5.41, 5.74) is 1.10. The van der Waals surface area contributed by atoms with E-state index in [1.54, 1.807) is 36.4 Å². The highest BCUT2D eigenvalue weighted by molar-refractivity contribution is 6.30. The van der Waals surface area contributed by atoms with E-state index in [1.165, 1.54) is 6.07 Å². The standard InChI is InChI=1S/C20H17ClN2O4/c1-12(13-6-8-14(21)9-7-13)22-19(25)11-27-20(26)16-10-18(24)23-17-5-3-2-4-15(16)17/h2-10,12H,11H2,1H3,(H,22,25)(H,23,24)/t12-/m1/s1. The van der Waals surface area contributed by atoms with E-state index in [9.17, 15) is 14.4 Å². The number of para-hydroxylation sites is 1. The normalized spacial score (nSPS) is 11.8. The molecule has 0 saturated carbocycles. The van der Waals surface area contributed by atoms with Crippen molar-refractivity contribution in [3.63, 3.8) is 0 Å². The van der Waals surface area contributed by atoms with E-state index >= 15 is 0 Å². The molecule has 0 unspecified atom stereocenters. The first-order chi connectivity index (χ1) is 12.9. The fraction of sp³-hybridized carbons (Fsp3) is 0.150. The Kier molecular flexibility index (Phi) is 5.57. The first kappa shape index (κ1) is 18.7. The van der Waals surface area contributed by atoms with E-state index in [-0.39, 0.29) is 11.6 Å². The van der Waals surface area contributed by atoms with Crippen LogP contribution in [0, 0.1) is 0 Å². The van der Waals surface area contributed by atoms with Crippen LogP contribution in [0.25, 0.3) is 10.9 Å². The number of nitrogens with one attached hydrogen (secondary N) is 2. The summed E-state index contributed by atoms with van der Waals surface area (Å²) in [6.07, 6.45) is 0. The summed E-state index contributed by atoms with van der Waals surface area (Å²) in [6, 6.07) is 14.9. The maximum absolute atomic E-state index is 12.3. The van der Waals surface area contributed by atoms with Crippen molar-refractivity contribution in [1.29, 1.82) is 0 Å². The number of carbonyl (C=O) groups is 2. The number of H-pyrrole nitrogens is 1. The topological polar surface area (TPSA) is 88.3 Å². The molecular formula is C20H17ClN2O4. The van der Waals surface area contributed by atoms with Crippen molar-refractivity contribution in [3.8, 4) is 0 Å². The molecule has 0 radical (unpaired) electrons. The SMILES string of the molecule is C[C@@H](NC(=O)COC(=O)c1cc(=O)[nH]c2ccccc12)c1ccc(Cl)cc1. The summed E-state index contributed by atoms with van der Waals surface area (Å²) in [6.45, 7) is 1.37. The van der Waals surface area contributed by atoms with Crippen LogP contribution in [0.1, 0.15) is 28.9 Å². The third-order valence-corrected chi connectivity index (χ3v) is 4.30. The molecule has 3 aromatic rings. The minimum Gasteiger partial charge on any atom is -0.452 e. The molecule has 1 amide bonds. The summed E-state index contributed by atoms with van der Waals surface area (Å²) >= 11 is 5.85. The highest BCUT2D eigenvalue weighted by Gasteiger charge is 2.16. The maximum Gasteiger partial charge on any atom is 0.339 e. The molecule has 27 heavy (non-hydrogen) atoms. The van der Waals surface area contributed by atoms with Crippen molar-refractivity contribution in [2.45, 2.75) is 13.0 Å². The van der Waals surface area contributed by atoms with E-state index < -0.39 is 24.0 Å². The Bertz CT molecular complexity index is 1040. The number of rotatable bonds is 5. The van der Waals surface area contributed by atoms with Crippen LogP contribution in [-0.2, 0) is 9.53 Å². The summed E-state index contributed by atoms with van der Waals surface area (Å²) in [7, 11) is 0. The van der Waals surface area contributed by atoms with Gasteiger partial charge in [-0.2, -0.15) is 0 Å². The predicted octanol–water partition coefficient (Wildman–Crippen LogP) is 3.22. The number of benzene rings is 2. The van der Waals surface area contributed by atoms with Gasteiger partial charge in [0.05, 0.1) is 11.6 Å². The van der Waals surface area contributed by atoms with Crippen LogP contribution in [0.4, 0.5) is 0 Å². The van der Waals surface area contributed by atoms with Crippen molar-refractivity contribution in [1.82, 2.24) is 10.3 Å². The second-order valence-electron chi connectivity index (χ2n) is 6.01.